The zero-order valence-electron chi connectivity index (χ0n) is 14.9. The first-order valence-electron chi connectivity index (χ1n) is 8.86. The van der Waals surface area contributed by atoms with E-state index < -0.39 is 11.0 Å². The number of anilines is 1. The molecule has 1 aromatic heterocycles. The van der Waals surface area contributed by atoms with Crippen LogP contribution in [-0.4, -0.2) is 27.2 Å². The molecule has 28 heavy (non-hydrogen) atoms. The van der Waals surface area contributed by atoms with Crippen LogP contribution < -0.4 is 5.32 Å². The van der Waals surface area contributed by atoms with Gasteiger partial charge in [0.05, 0.1) is 17.6 Å². The molecular weight excluding hydrogens is 378 g/mol. The van der Waals surface area contributed by atoms with Crippen LogP contribution in [0.3, 0.4) is 0 Å². The highest BCUT2D eigenvalue weighted by Gasteiger charge is 2.16. The second-order valence-corrected chi connectivity index (χ2v) is 7.07. The van der Waals surface area contributed by atoms with Crippen molar-refractivity contribution in [1.82, 2.24) is 4.57 Å². The lowest BCUT2D eigenvalue weighted by atomic mass is 10.1. The Morgan fingerprint density at radius 3 is 2.61 bits per heavy atom. The van der Waals surface area contributed by atoms with Crippen LogP contribution in [0, 0.1) is 10.1 Å². The molecule has 0 amide bonds. The molecule has 1 atom stereocenters. The minimum Gasteiger partial charge on any atom is -0.389 e. The fraction of sp³-hybridized carbons (Fsp3) is 0.143. The smallest absolute Gasteiger partial charge is 0.270 e. The molecule has 142 valence electrons. The number of nitrogens with zero attached hydrogens (tertiary/aromatic N) is 2. The van der Waals surface area contributed by atoms with E-state index in [1.54, 1.807) is 24.3 Å². The first-order chi connectivity index (χ1) is 13.5. The van der Waals surface area contributed by atoms with E-state index in [1.807, 2.05) is 41.0 Å². The monoisotopic (exact) mass is 395 g/mol. The molecule has 1 heterocycles. The number of nitro benzene ring substituents is 1. The van der Waals surface area contributed by atoms with E-state index in [-0.39, 0.29) is 5.69 Å². The van der Waals surface area contributed by atoms with Gasteiger partial charge in [0.25, 0.3) is 5.69 Å². The van der Waals surface area contributed by atoms with Gasteiger partial charge in [0.1, 0.15) is 0 Å². The SMILES string of the molecule is O=[N+]([O-])c1ccc2c(c1)c1ccccc1n2CC(O)CNc1cccc(Cl)c1. The Morgan fingerprint density at radius 1 is 1.04 bits per heavy atom. The van der Waals surface area contributed by atoms with E-state index in [1.165, 1.54) is 6.07 Å². The maximum absolute atomic E-state index is 11.2. The van der Waals surface area contributed by atoms with Gasteiger partial charge in [-0.3, -0.25) is 10.1 Å². The Bertz CT molecular complexity index is 1170. The molecule has 7 heteroatoms. The summed E-state index contributed by atoms with van der Waals surface area (Å²) in [6.07, 6.45) is -0.659. The van der Waals surface area contributed by atoms with Gasteiger partial charge in [0.2, 0.25) is 0 Å². The zero-order valence-corrected chi connectivity index (χ0v) is 15.6. The first kappa shape index (κ1) is 18.3. The van der Waals surface area contributed by atoms with E-state index in [4.69, 9.17) is 11.6 Å². The molecule has 0 saturated carbocycles. The van der Waals surface area contributed by atoms with Crippen molar-refractivity contribution in [1.29, 1.82) is 0 Å². The van der Waals surface area contributed by atoms with Crippen molar-refractivity contribution < 1.29 is 10.0 Å². The third-order valence-electron chi connectivity index (χ3n) is 4.73. The second kappa shape index (κ2) is 7.50. The lowest BCUT2D eigenvalue weighted by Crippen LogP contribution is -2.24. The van der Waals surface area contributed by atoms with Gasteiger partial charge in [-0.1, -0.05) is 35.9 Å². The summed E-state index contributed by atoms with van der Waals surface area (Å²) >= 11 is 5.99. The summed E-state index contributed by atoms with van der Waals surface area (Å²) in [6, 6.07) is 19.9. The molecule has 0 saturated heterocycles. The van der Waals surface area contributed by atoms with Crippen molar-refractivity contribution in [3.63, 3.8) is 0 Å². The molecule has 1 unspecified atom stereocenters. The van der Waals surface area contributed by atoms with E-state index in [2.05, 4.69) is 5.32 Å². The van der Waals surface area contributed by atoms with Gasteiger partial charge >= 0.3 is 0 Å². The van der Waals surface area contributed by atoms with Crippen molar-refractivity contribution in [2.24, 2.45) is 0 Å². The quantitative estimate of drug-likeness (QED) is 0.362. The molecule has 0 aliphatic heterocycles. The van der Waals surface area contributed by atoms with Gasteiger partial charge in [-0.05, 0) is 30.3 Å². The predicted octanol–water partition coefficient (Wildman–Crippen LogP) is 4.83. The van der Waals surface area contributed by atoms with Gasteiger partial charge in [-0.2, -0.15) is 0 Å². The van der Waals surface area contributed by atoms with Crippen molar-refractivity contribution in [2.45, 2.75) is 12.6 Å². The largest absolute Gasteiger partial charge is 0.389 e. The third-order valence-corrected chi connectivity index (χ3v) is 4.96. The number of aliphatic hydroxyl groups is 1. The Labute approximate surface area is 166 Å². The third kappa shape index (κ3) is 3.52. The average Bonchev–Trinajstić information content (AvgIpc) is 3.00. The molecule has 4 rings (SSSR count). The highest BCUT2D eigenvalue weighted by Crippen LogP contribution is 2.31. The fourth-order valence-corrected chi connectivity index (χ4v) is 3.65. The Morgan fingerprint density at radius 2 is 1.82 bits per heavy atom. The van der Waals surface area contributed by atoms with E-state index in [0.717, 1.165) is 27.5 Å². The van der Waals surface area contributed by atoms with Crippen molar-refractivity contribution in [3.05, 3.63) is 81.9 Å². The molecule has 0 spiro atoms. The Balaban J connectivity index is 1.64. The Kier molecular flexibility index (Phi) is 4.90. The summed E-state index contributed by atoms with van der Waals surface area (Å²) in [5.41, 5.74) is 2.68. The highest BCUT2D eigenvalue weighted by atomic mass is 35.5. The summed E-state index contributed by atoms with van der Waals surface area (Å²) in [6.45, 7) is 0.705. The number of para-hydroxylation sites is 1. The first-order valence-corrected chi connectivity index (χ1v) is 9.23. The molecule has 2 N–H and O–H groups in total. The Hall–Kier alpha value is -3.09. The van der Waals surface area contributed by atoms with Crippen LogP contribution in [0.25, 0.3) is 21.8 Å². The van der Waals surface area contributed by atoms with E-state index in [9.17, 15) is 15.2 Å². The van der Waals surface area contributed by atoms with Crippen LogP contribution in [0.1, 0.15) is 0 Å². The van der Waals surface area contributed by atoms with Crippen LogP contribution in [-0.2, 0) is 6.54 Å². The van der Waals surface area contributed by atoms with Crippen LogP contribution in [0.15, 0.2) is 66.7 Å². The number of aromatic nitrogens is 1. The number of benzene rings is 3. The molecule has 6 nitrogen and oxygen atoms in total. The van der Waals surface area contributed by atoms with Gasteiger partial charge in [0.15, 0.2) is 0 Å². The van der Waals surface area contributed by atoms with Crippen molar-refractivity contribution >= 4 is 44.8 Å². The normalized spacial score (nSPS) is 12.4. The maximum atomic E-state index is 11.2. The summed E-state index contributed by atoms with van der Waals surface area (Å²) < 4.78 is 2.00. The van der Waals surface area contributed by atoms with E-state index >= 15 is 0 Å². The number of nitrogens with one attached hydrogen (secondary N) is 1. The summed E-state index contributed by atoms with van der Waals surface area (Å²) in [7, 11) is 0. The standard InChI is InChI=1S/C21H18ClN3O3/c22-14-4-3-5-15(10-14)23-12-17(26)13-24-20-7-2-1-6-18(20)19-11-16(25(27)28)8-9-21(19)24/h1-11,17,23,26H,12-13H2. The highest BCUT2D eigenvalue weighted by molar-refractivity contribution is 6.30. The van der Waals surface area contributed by atoms with Crippen LogP contribution in [0.2, 0.25) is 5.02 Å². The average molecular weight is 396 g/mol. The van der Waals surface area contributed by atoms with E-state index in [0.29, 0.717) is 18.1 Å². The minimum atomic E-state index is -0.659. The number of rotatable bonds is 6. The number of halogens is 1. The summed E-state index contributed by atoms with van der Waals surface area (Å²) in [5.74, 6) is 0. The predicted molar refractivity (Wildman–Crippen MR) is 112 cm³/mol. The number of nitro groups is 1. The zero-order chi connectivity index (χ0) is 19.7. The number of fused-ring (bicyclic) bond motifs is 3. The molecular formula is C21H18ClN3O3. The van der Waals surface area contributed by atoms with Crippen LogP contribution in [0.4, 0.5) is 11.4 Å². The lowest BCUT2D eigenvalue weighted by Gasteiger charge is -2.15. The van der Waals surface area contributed by atoms with Gasteiger partial charge in [-0.15, -0.1) is 0 Å². The van der Waals surface area contributed by atoms with Crippen molar-refractivity contribution in [3.8, 4) is 0 Å². The fourth-order valence-electron chi connectivity index (χ4n) is 3.46. The minimum absolute atomic E-state index is 0.0542. The van der Waals surface area contributed by atoms with Gasteiger partial charge < -0.3 is 15.0 Å². The summed E-state index contributed by atoms with van der Waals surface area (Å²) in [5, 5.41) is 27.3. The molecule has 4 aromatic rings. The van der Waals surface area contributed by atoms with Gasteiger partial charge in [0, 0.05) is 51.2 Å². The molecule has 3 aromatic carbocycles. The summed E-state index contributed by atoms with van der Waals surface area (Å²) in [4.78, 5) is 10.8. The van der Waals surface area contributed by atoms with Crippen molar-refractivity contribution in [2.75, 3.05) is 11.9 Å². The lowest BCUT2D eigenvalue weighted by molar-refractivity contribution is -0.384. The number of hydrogen-bond acceptors (Lipinski definition) is 4. The number of non-ortho nitro benzene ring substituents is 1. The maximum Gasteiger partial charge on any atom is 0.270 e. The number of hydrogen-bond donors (Lipinski definition) is 2. The second-order valence-electron chi connectivity index (χ2n) is 6.63. The molecule has 0 aliphatic rings. The van der Waals surface area contributed by atoms with Gasteiger partial charge in [-0.25, -0.2) is 0 Å². The number of aliphatic hydroxyl groups excluding tert-OH is 1. The van der Waals surface area contributed by atoms with Crippen LogP contribution >= 0.6 is 11.6 Å². The molecule has 0 bridgehead atoms. The molecule has 0 aliphatic carbocycles. The molecule has 0 fully saturated rings. The van der Waals surface area contributed by atoms with Crippen LogP contribution in [0.5, 0.6) is 0 Å². The molecule has 0 radical (unpaired) electrons. The topological polar surface area (TPSA) is 80.3 Å².